The molecule has 0 rings (SSSR count). The fourth-order valence-corrected chi connectivity index (χ4v) is 1.05. The molecule has 0 spiro atoms. The third kappa shape index (κ3) is 5.94. The fourth-order valence-electron chi connectivity index (χ4n) is 1.05. The van der Waals surface area contributed by atoms with Crippen LogP contribution in [0.1, 0.15) is 27.2 Å². The van der Waals surface area contributed by atoms with Crippen LogP contribution < -0.4 is 11.1 Å². The van der Waals surface area contributed by atoms with E-state index in [1.165, 1.54) is 0 Å². The Hall–Kier alpha value is -0.610. The number of carbonyl (C=O) groups is 1. The monoisotopic (exact) mass is 201 g/mol. The molecular weight excluding hydrogens is 178 g/mol. The van der Waals surface area contributed by atoms with Crippen molar-refractivity contribution in [3.63, 3.8) is 0 Å². The average Bonchev–Trinajstić information content (AvgIpc) is 2.03. The predicted molar refractivity (Wildman–Crippen MR) is 59.1 cm³/mol. The number of nitrogens with two attached hydrogens (primary N) is 1. The third-order valence-corrected chi connectivity index (χ3v) is 2.29. The predicted octanol–water partition coefficient (Wildman–Crippen LogP) is 0.182. The summed E-state index contributed by atoms with van der Waals surface area (Å²) in [5, 5.41) is 2.97. The molecule has 0 saturated carbocycles. The van der Waals surface area contributed by atoms with Crippen LogP contribution >= 0.6 is 0 Å². The first kappa shape index (κ1) is 13.4. The minimum absolute atomic E-state index is 0.0628. The van der Waals surface area contributed by atoms with Gasteiger partial charge < -0.3 is 11.1 Å². The minimum atomic E-state index is -0.110. The van der Waals surface area contributed by atoms with Gasteiger partial charge in [-0.05, 0) is 27.3 Å². The zero-order valence-corrected chi connectivity index (χ0v) is 9.76. The summed E-state index contributed by atoms with van der Waals surface area (Å²) in [4.78, 5) is 13.4. The first-order valence-electron chi connectivity index (χ1n) is 5.11. The zero-order valence-electron chi connectivity index (χ0n) is 9.76. The molecule has 0 aliphatic rings. The highest BCUT2D eigenvalue weighted by molar-refractivity contribution is 5.78. The lowest BCUT2D eigenvalue weighted by molar-refractivity contribution is -0.123. The smallest absolute Gasteiger partial charge is 0.234 e. The molecule has 14 heavy (non-hydrogen) atoms. The molecule has 4 heteroatoms. The summed E-state index contributed by atoms with van der Waals surface area (Å²) in [6, 6.07) is 0. The molecule has 0 saturated heterocycles. The number of hydrogen-bond acceptors (Lipinski definition) is 3. The Labute approximate surface area is 86.8 Å². The molecule has 0 atom stereocenters. The highest BCUT2D eigenvalue weighted by Crippen LogP contribution is 2.06. The maximum Gasteiger partial charge on any atom is 0.234 e. The van der Waals surface area contributed by atoms with Crippen molar-refractivity contribution in [2.45, 2.75) is 32.7 Å². The number of nitrogens with zero attached hydrogens (tertiary/aromatic N) is 1. The third-order valence-electron chi connectivity index (χ3n) is 2.29. The van der Waals surface area contributed by atoms with Crippen LogP contribution in [0, 0.1) is 0 Å². The Kier molecular flexibility index (Phi) is 5.72. The van der Waals surface area contributed by atoms with E-state index < -0.39 is 0 Å². The fraction of sp³-hybridized carbons (Fsp3) is 0.900. The maximum absolute atomic E-state index is 11.5. The Balaban J connectivity index is 3.86. The van der Waals surface area contributed by atoms with Gasteiger partial charge in [-0.15, -0.1) is 0 Å². The standard InChI is InChI=1S/C10H23N3O/c1-5-10(2,3)12-9(14)8-13(4)7-6-11/h5-8,11H2,1-4H3,(H,12,14). The highest BCUT2D eigenvalue weighted by Gasteiger charge is 2.18. The lowest BCUT2D eigenvalue weighted by atomic mass is 10.0. The molecular formula is C10H23N3O. The summed E-state index contributed by atoms with van der Waals surface area (Å²) in [5.41, 5.74) is 5.27. The lowest BCUT2D eigenvalue weighted by Crippen LogP contribution is -2.47. The van der Waals surface area contributed by atoms with E-state index in [-0.39, 0.29) is 11.4 Å². The first-order valence-corrected chi connectivity index (χ1v) is 5.11. The van der Waals surface area contributed by atoms with E-state index in [0.29, 0.717) is 13.1 Å². The number of carbonyl (C=O) groups excluding carboxylic acids is 1. The Morgan fingerprint density at radius 1 is 1.50 bits per heavy atom. The molecule has 0 heterocycles. The van der Waals surface area contributed by atoms with Crippen LogP contribution in [0.25, 0.3) is 0 Å². The van der Waals surface area contributed by atoms with Crippen LogP contribution in [0.5, 0.6) is 0 Å². The van der Waals surface area contributed by atoms with E-state index in [4.69, 9.17) is 5.73 Å². The molecule has 0 bridgehead atoms. The van der Waals surface area contributed by atoms with Gasteiger partial charge in [-0.1, -0.05) is 6.92 Å². The van der Waals surface area contributed by atoms with E-state index in [1.54, 1.807) is 0 Å². The van der Waals surface area contributed by atoms with Crippen LogP contribution in [-0.4, -0.2) is 43.0 Å². The van der Waals surface area contributed by atoms with Crippen molar-refractivity contribution >= 4 is 5.91 Å². The van der Waals surface area contributed by atoms with Gasteiger partial charge in [-0.25, -0.2) is 0 Å². The van der Waals surface area contributed by atoms with Gasteiger partial charge in [-0.2, -0.15) is 0 Å². The molecule has 0 fully saturated rings. The van der Waals surface area contributed by atoms with E-state index in [1.807, 2.05) is 25.8 Å². The van der Waals surface area contributed by atoms with Gasteiger partial charge >= 0.3 is 0 Å². The van der Waals surface area contributed by atoms with Gasteiger partial charge in [0.25, 0.3) is 0 Å². The van der Waals surface area contributed by atoms with Crippen LogP contribution in [0.3, 0.4) is 0 Å². The molecule has 0 aliphatic heterocycles. The molecule has 0 aromatic carbocycles. The van der Waals surface area contributed by atoms with Crippen molar-refractivity contribution in [2.75, 3.05) is 26.7 Å². The molecule has 0 aromatic heterocycles. The normalized spacial score (nSPS) is 11.9. The molecule has 84 valence electrons. The van der Waals surface area contributed by atoms with Crippen molar-refractivity contribution in [3.05, 3.63) is 0 Å². The summed E-state index contributed by atoms with van der Waals surface area (Å²) in [5.74, 6) is 0.0628. The summed E-state index contributed by atoms with van der Waals surface area (Å²) in [6.07, 6.45) is 0.930. The van der Waals surface area contributed by atoms with Gasteiger partial charge in [-0.3, -0.25) is 9.69 Å². The second kappa shape index (κ2) is 5.98. The molecule has 0 aliphatic carbocycles. The van der Waals surface area contributed by atoms with Crippen LogP contribution in [0.2, 0.25) is 0 Å². The number of nitrogens with one attached hydrogen (secondary N) is 1. The summed E-state index contributed by atoms with van der Waals surface area (Å²) < 4.78 is 0. The van der Waals surface area contributed by atoms with Crippen molar-refractivity contribution in [3.8, 4) is 0 Å². The average molecular weight is 201 g/mol. The van der Waals surface area contributed by atoms with Crippen LogP contribution in [0.15, 0.2) is 0 Å². The largest absolute Gasteiger partial charge is 0.350 e. The Morgan fingerprint density at radius 3 is 2.50 bits per heavy atom. The van der Waals surface area contributed by atoms with Crippen molar-refractivity contribution < 1.29 is 4.79 Å². The van der Waals surface area contributed by atoms with Crippen molar-refractivity contribution in [1.82, 2.24) is 10.2 Å². The van der Waals surface area contributed by atoms with E-state index in [2.05, 4.69) is 12.2 Å². The van der Waals surface area contributed by atoms with E-state index in [0.717, 1.165) is 13.0 Å². The van der Waals surface area contributed by atoms with Gasteiger partial charge in [0.1, 0.15) is 0 Å². The molecule has 1 amide bonds. The maximum atomic E-state index is 11.5. The van der Waals surface area contributed by atoms with Gasteiger partial charge in [0, 0.05) is 18.6 Å². The van der Waals surface area contributed by atoms with Crippen molar-refractivity contribution in [2.24, 2.45) is 5.73 Å². The topological polar surface area (TPSA) is 58.4 Å². The van der Waals surface area contributed by atoms with Crippen LogP contribution in [0.4, 0.5) is 0 Å². The van der Waals surface area contributed by atoms with Crippen molar-refractivity contribution in [1.29, 1.82) is 0 Å². The number of likely N-dealkylation sites (N-methyl/N-ethyl adjacent to an activating group) is 1. The van der Waals surface area contributed by atoms with Gasteiger partial charge in [0.15, 0.2) is 0 Å². The van der Waals surface area contributed by atoms with E-state index in [9.17, 15) is 4.79 Å². The second-order valence-electron chi connectivity index (χ2n) is 4.31. The SMILES string of the molecule is CCC(C)(C)NC(=O)CN(C)CCN. The summed E-state index contributed by atoms with van der Waals surface area (Å²) in [7, 11) is 1.89. The molecule has 0 aromatic rings. The van der Waals surface area contributed by atoms with Gasteiger partial charge in [0.05, 0.1) is 6.54 Å². The molecule has 0 radical (unpaired) electrons. The molecule has 3 N–H and O–H groups in total. The van der Waals surface area contributed by atoms with Gasteiger partial charge in [0.2, 0.25) is 5.91 Å². The van der Waals surface area contributed by atoms with Crippen LogP contribution in [-0.2, 0) is 4.79 Å². The lowest BCUT2D eigenvalue weighted by Gasteiger charge is -2.26. The Morgan fingerprint density at radius 2 is 2.07 bits per heavy atom. The summed E-state index contributed by atoms with van der Waals surface area (Å²) >= 11 is 0. The molecule has 0 unspecified atom stereocenters. The summed E-state index contributed by atoms with van der Waals surface area (Å²) in [6.45, 7) is 7.85. The molecule has 4 nitrogen and oxygen atoms in total. The number of amides is 1. The number of rotatable bonds is 6. The first-order chi connectivity index (χ1) is 6.41. The highest BCUT2D eigenvalue weighted by atomic mass is 16.2. The zero-order chi connectivity index (χ0) is 11.2. The Bertz CT molecular complexity index is 180. The second-order valence-corrected chi connectivity index (χ2v) is 4.31. The minimum Gasteiger partial charge on any atom is -0.350 e. The van der Waals surface area contributed by atoms with E-state index >= 15 is 0 Å². The quantitative estimate of drug-likeness (QED) is 0.644. The number of hydrogen-bond donors (Lipinski definition) is 2.